The van der Waals surface area contributed by atoms with Crippen LogP contribution >= 0.6 is 0 Å². The summed E-state index contributed by atoms with van der Waals surface area (Å²) in [5.41, 5.74) is 0.658. The molecule has 1 aromatic rings. The zero-order chi connectivity index (χ0) is 10.7. The zero-order valence-corrected chi connectivity index (χ0v) is 8.26. The molecular formula is C10H13N3O2. The second kappa shape index (κ2) is 4.25. The molecule has 1 aromatic heterocycles. The van der Waals surface area contributed by atoms with Crippen LogP contribution in [0.5, 0.6) is 0 Å². The lowest BCUT2D eigenvalue weighted by Crippen LogP contribution is -2.29. The average molecular weight is 207 g/mol. The van der Waals surface area contributed by atoms with Crippen LogP contribution in [0, 0.1) is 5.92 Å². The molecule has 0 radical (unpaired) electrons. The first-order valence-corrected chi connectivity index (χ1v) is 5.00. The molecule has 0 amide bonds. The van der Waals surface area contributed by atoms with Crippen LogP contribution in [-0.2, 0) is 4.79 Å². The van der Waals surface area contributed by atoms with Gasteiger partial charge in [-0.25, -0.2) is 14.8 Å². The first-order valence-electron chi connectivity index (χ1n) is 5.00. The van der Waals surface area contributed by atoms with Crippen molar-refractivity contribution in [1.82, 2.24) is 9.97 Å². The molecule has 0 spiro atoms. The fourth-order valence-corrected chi connectivity index (χ4v) is 1.48. The van der Waals surface area contributed by atoms with Crippen molar-refractivity contribution in [1.29, 1.82) is 0 Å². The van der Waals surface area contributed by atoms with Crippen LogP contribution in [0.2, 0.25) is 0 Å². The predicted octanol–water partition coefficient (Wildman–Crippen LogP) is 1.14. The topological polar surface area (TPSA) is 75.1 Å². The van der Waals surface area contributed by atoms with E-state index in [4.69, 9.17) is 5.11 Å². The van der Waals surface area contributed by atoms with Crippen molar-refractivity contribution in [2.45, 2.75) is 25.3 Å². The molecule has 5 nitrogen and oxygen atoms in total. The highest BCUT2D eigenvalue weighted by atomic mass is 16.4. The summed E-state index contributed by atoms with van der Waals surface area (Å²) >= 11 is 0. The van der Waals surface area contributed by atoms with Gasteiger partial charge < -0.3 is 10.4 Å². The van der Waals surface area contributed by atoms with E-state index in [1.807, 2.05) is 0 Å². The Bertz CT molecular complexity index is 338. The predicted molar refractivity (Wildman–Crippen MR) is 54.4 cm³/mol. The molecule has 1 saturated carbocycles. The summed E-state index contributed by atoms with van der Waals surface area (Å²) in [6.45, 7) is 0. The largest absolute Gasteiger partial charge is 0.480 e. The summed E-state index contributed by atoms with van der Waals surface area (Å²) < 4.78 is 0. The molecule has 0 aromatic carbocycles. The molecule has 2 N–H and O–H groups in total. The molecular weight excluding hydrogens is 194 g/mol. The number of hydrogen-bond donors (Lipinski definition) is 2. The minimum absolute atomic E-state index is 0.525. The molecule has 0 aliphatic heterocycles. The van der Waals surface area contributed by atoms with E-state index in [9.17, 15) is 4.79 Å². The van der Waals surface area contributed by atoms with Crippen molar-refractivity contribution >= 4 is 11.7 Å². The molecule has 0 saturated heterocycles. The number of carbonyl (C=O) groups is 1. The standard InChI is InChI=1S/C10H13N3O2/c14-10(15)9(3-7-1-2-7)13-8-4-11-6-12-5-8/h4-7,9,13H,1-3H2,(H,14,15)/t9-/m0/s1. The molecule has 2 rings (SSSR count). The van der Waals surface area contributed by atoms with Crippen LogP contribution in [0.1, 0.15) is 19.3 Å². The number of carboxylic acids is 1. The first kappa shape index (κ1) is 9.89. The van der Waals surface area contributed by atoms with E-state index in [0.29, 0.717) is 18.0 Å². The fraction of sp³-hybridized carbons (Fsp3) is 0.500. The van der Waals surface area contributed by atoms with E-state index < -0.39 is 12.0 Å². The molecule has 5 heteroatoms. The summed E-state index contributed by atoms with van der Waals surface area (Å²) in [6.07, 6.45) is 7.56. The molecule has 1 fully saturated rings. The summed E-state index contributed by atoms with van der Waals surface area (Å²) in [6, 6.07) is -0.525. The van der Waals surface area contributed by atoms with Crippen molar-refractivity contribution in [2.75, 3.05) is 5.32 Å². The van der Waals surface area contributed by atoms with Gasteiger partial charge in [0.2, 0.25) is 0 Å². The van der Waals surface area contributed by atoms with Crippen LogP contribution < -0.4 is 5.32 Å². The lowest BCUT2D eigenvalue weighted by Gasteiger charge is -2.14. The Morgan fingerprint density at radius 3 is 2.73 bits per heavy atom. The summed E-state index contributed by atoms with van der Waals surface area (Å²) in [5.74, 6) is -0.242. The van der Waals surface area contributed by atoms with E-state index in [-0.39, 0.29) is 0 Å². The molecule has 0 bridgehead atoms. The van der Waals surface area contributed by atoms with Gasteiger partial charge in [0.25, 0.3) is 0 Å². The van der Waals surface area contributed by atoms with E-state index in [0.717, 1.165) is 12.8 Å². The lowest BCUT2D eigenvalue weighted by atomic mass is 10.1. The highest BCUT2D eigenvalue weighted by Gasteiger charge is 2.29. The van der Waals surface area contributed by atoms with Gasteiger partial charge in [0.1, 0.15) is 12.4 Å². The van der Waals surface area contributed by atoms with Gasteiger partial charge in [-0.2, -0.15) is 0 Å². The van der Waals surface area contributed by atoms with Crippen LogP contribution in [0.15, 0.2) is 18.7 Å². The Hall–Kier alpha value is -1.65. The molecule has 0 unspecified atom stereocenters. The highest BCUT2D eigenvalue weighted by molar-refractivity contribution is 5.77. The summed E-state index contributed by atoms with van der Waals surface area (Å²) in [7, 11) is 0. The van der Waals surface area contributed by atoms with Crippen molar-refractivity contribution < 1.29 is 9.90 Å². The van der Waals surface area contributed by atoms with E-state index >= 15 is 0 Å². The van der Waals surface area contributed by atoms with Crippen LogP contribution in [0.3, 0.4) is 0 Å². The van der Waals surface area contributed by atoms with Crippen molar-refractivity contribution in [3.63, 3.8) is 0 Å². The van der Waals surface area contributed by atoms with Gasteiger partial charge in [-0.3, -0.25) is 0 Å². The minimum atomic E-state index is -0.814. The molecule has 15 heavy (non-hydrogen) atoms. The molecule has 80 valence electrons. The fourth-order valence-electron chi connectivity index (χ4n) is 1.48. The van der Waals surface area contributed by atoms with Crippen LogP contribution in [0.25, 0.3) is 0 Å². The quantitative estimate of drug-likeness (QED) is 0.757. The normalized spacial score (nSPS) is 17.1. The van der Waals surface area contributed by atoms with Gasteiger partial charge >= 0.3 is 5.97 Å². The third kappa shape index (κ3) is 2.90. The van der Waals surface area contributed by atoms with Crippen LogP contribution in [0.4, 0.5) is 5.69 Å². The number of hydrogen-bond acceptors (Lipinski definition) is 4. The molecule has 1 aliphatic carbocycles. The number of carboxylic acid groups (broad SMARTS) is 1. The Labute approximate surface area is 87.6 Å². The number of aromatic nitrogens is 2. The summed E-state index contributed by atoms with van der Waals surface area (Å²) in [4.78, 5) is 18.6. The second-order valence-corrected chi connectivity index (χ2v) is 3.84. The highest BCUT2D eigenvalue weighted by Crippen LogP contribution is 2.34. The molecule has 1 aliphatic rings. The number of aliphatic carboxylic acids is 1. The minimum Gasteiger partial charge on any atom is -0.480 e. The summed E-state index contributed by atoms with van der Waals surface area (Å²) in [5, 5.41) is 11.9. The van der Waals surface area contributed by atoms with Gasteiger partial charge in [-0.1, -0.05) is 12.8 Å². The maximum Gasteiger partial charge on any atom is 0.326 e. The number of anilines is 1. The van der Waals surface area contributed by atoms with Gasteiger partial charge in [-0.05, 0) is 12.3 Å². The zero-order valence-electron chi connectivity index (χ0n) is 8.26. The van der Waals surface area contributed by atoms with Crippen LogP contribution in [-0.4, -0.2) is 27.1 Å². The van der Waals surface area contributed by atoms with E-state index in [1.165, 1.54) is 6.33 Å². The van der Waals surface area contributed by atoms with Gasteiger partial charge in [0, 0.05) is 0 Å². The van der Waals surface area contributed by atoms with Gasteiger partial charge in [-0.15, -0.1) is 0 Å². The van der Waals surface area contributed by atoms with Gasteiger partial charge in [0.05, 0.1) is 18.1 Å². The number of rotatable bonds is 5. The number of nitrogens with zero attached hydrogens (tertiary/aromatic N) is 2. The maximum absolute atomic E-state index is 11.0. The van der Waals surface area contributed by atoms with E-state index in [1.54, 1.807) is 12.4 Å². The third-order valence-electron chi connectivity index (χ3n) is 2.47. The third-order valence-corrected chi connectivity index (χ3v) is 2.47. The Morgan fingerprint density at radius 1 is 1.53 bits per heavy atom. The van der Waals surface area contributed by atoms with E-state index in [2.05, 4.69) is 15.3 Å². The maximum atomic E-state index is 11.0. The number of nitrogens with one attached hydrogen (secondary N) is 1. The smallest absolute Gasteiger partial charge is 0.326 e. The SMILES string of the molecule is O=C(O)[C@H](CC1CC1)Nc1cncnc1. The van der Waals surface area contributed by atoms with Crippen molar-refractivity contribution in [3.05, 3.63) is 18.7 Å². The van der Waals surface area contributed by atoms with Crippen molar-refractivity contribution in [2.24, 2.45) is 5.92 Å². The van der Waals surface area contributed by atoms with Crippen molar-refractivity contribution in [3.8, 4) is 0 Å². The Balaban J connectivity index is 1.96. The first-order chi connectivity index (χ1) is 7.25. The van der Waals surface area contributed by atoms with Gasteiger partial charge in [0.15, 0.2) is 0 Å². The Morgan fingerprint density at radius 2 is 2.20 bits per heavy atom. The average Bonchev–Trinajstić information content (AvgIpc) is 3.02. The lowest BCUT2D eigenvalue weighted by molar-refractivity contribution is -0.138. The Kier molecular flexibility index (Phi) is 2.80. The second-order valence-electron chi connectivity index (χ2n) is 3.84. The molecule has 1 atom stereocenters. The monoisotopic (exact) mass is 207 g/mol. The molecule has 1 heterocycles.